The van der Waals surface area contributed by atoms with E-state index in [1.165, 1.54) is 0 Å². The minimum Gasteiger partial charge on any atom is -0.401 e. The zero-order valence-electron chi connectivity index (χ0n) is 7.03. The van der Waals surface area contributed by atoms with Crippen LogP contribution in [0.15, 0.2) is 30.3 Å². The van der Waals surface area contributed by atoms with Gasteiger partial charge in [0, 0.05) is 0 Å². The van der Waals surface area contributed by atoms with Crippen molar-refractivity contribution in [3.8, 4) is 5.75 Å². The quantitative estimate of drug-likeness (QED) is 0.716. The van der Waals surface area contributed by atoms with Crippen molar-refractivity contribution in [1.82, 2.24) is 0 Å². The van der Waals surface area contributed by atoms with Gasteiger partial charge in [-0.2, -0.15) is 0 Å². The molecule has 0 saturated heterocycles. The molecule has 0 aliphatic carbocycles. The zero-order chi connectivity index (χ0) is 8.81. The molecule has 1 rings (SSSR count). The molecular formula is C9H12O2S. The lowest BCUT2D eigenvalue weighted by Gasteiger charge is -2.01. The molecule has 0 N–H and O–H groups in total. The highest BCUT2D eigenvalue weighted by atomic mass is 32.2. The molecular weight excluding hydrogens is 172 g/mol. The summed E-state index contributed by atoms with van der Waals surface area (Å²) < 4.78 is 16.2. The number of para-hydroxylation sites is 1. The lowest BCUT2D eigenvalue weighted by Crippen LogP contribution is -2.03. The van der Waals surface area contributed by atoms with Gasteiger partial charge in [0.1, 0.15) is 5.75 Å². The molecule has 0 aliphatic heterocycles. The summed E-state index contributed by atoms with van der Waals surface area (Å²) in [6, 6.07) is 9.22. The molecule has 0 amide bonds. The summed E-state index contributed by atoms with van der Waals surface area (Å²) >= 11 is -1.17. The first-order chi connectivity index (χ1) is 5.83. The normalized spacial score (nSPS) is 12.4. The minimum absolute atomic E-state index is 0.592. The van der Waals surface area contributed by atoms with Crippen LogP contribution in [-0.2, 0) is 11.1 Å². The first kappa shape index (κ1) is 9.26. The van der Waals surface area contributed by atoms with Crippen LogP contribution in [0.3, 0.4) is 0 Å². The van der Waals surface area contributed by atoms with Crippen LogP contribution in [0.5, 0.6) is 5.75 Å². The number of benzene rings is 1. The molecule has 0 spiro atoms. The maximum absolute atomic E-state index is 11.1. The summed E-state index contributed by atoms with van der Waals surface area (Å²) in [6.07, 6.45) is 0.874. The van der Waals surface area contributed by atoms with Gasteiger partial charge in [-0.1, -0.05) is 25.1 Å². The highest BCUT2D eigenvalue weighted by molar-refractivity contribution is 7.80. The van der Waals surface area contributed by atoms with Crippen molar-refractivity contribution in [2.45, 2.75) is 13.3 Å². The van der Waals surface area contributed by atoms with Gasteiger partial charge in [0.05, 0.1) is 5.75 Å². The first-order valence-corrected chi connectivity index (χ1v) is 5.19. The van der Waals surface area contributed by atoms with Crippen molar-refractivity contribution in [3.05, 3.63) is 30.3 Å². The van der Waals surface area contributed by atoms with Gasteiger partial charge in [0.2, 0.25) is 11.1 Å². The second kappa shape index (κ2) is 4.93. The van der Waals surface area contributed by atoms with Crippen LogP contribution in [-0.4, -0.2) is 9.96 Å². The summed E-state index contributed by atoms with van der Waals surface area (Å²) in [5, 5.41) is 0. The molecule has 0 saturated carbocycles. The molecule has 0 fully saturated rings. The Morgan fingerprint density at radius 3 is 2.58 bits per heavy atom. The van der Waals surface area contributed by atoms with E-state index in [2.05, 4.69) is 0 Å². The largest absolute Gasteiger partial charge is 0.401 e. The third kappa shape index (κ3) is 3.05. The maximum Gasteiger partial charge on any atom is 0.206 e. The van der Waals surface area contributed by atoms with E-state index in [1.807, 2.05) is 25.1 Å². The van der Waals surface area contributed by atoms with Crippen LogP contribution in [0.25, 0.3) is 0 Å². The molecule has 1 atom stereocenters. The average molecular weight is 184 g/mol. The van der Waals surface area contributed by atoms with Gasteiger partial charge in [-0.3, -0.25) is 0 Å². The fraction of sp³-hybridized carbons (Fsp3) is 0.333. The number of rotatable bonds is 4. The van der Waals surface area contributed by atoms with E-state index in [1.54, 1.807) is 12.1 Å². The van der Waals surface area contributed by atoms with Gasteiger partial charge in [-0.25, -0.2) is 4.21 Å². The van der Waals surface area contributed by atoms with Crippen molar-refractivity contribution in [2.24, 2.45) is 0 Å². The van der Waals surface area contributed by atoms with E-state index < -0.39 is 11.1 Å². The van der Waals surface area contributed by atoms with E-state index in [0.717, 1.165) is 6.42 Å². The predicted molar refractivity (Wildman–Crippen MR) is 50.4 cm³/mol. The Kier molecular flexibility index (Phi) is 3.80. The van der Waals surface area contributed by atoms with Crippen molar-refractivity contribution in [1.29, 1.82) is 0 Å². The smallest absolute Gasteiger partial charge is 0.206 e. The van der Waals surface area contributed by atoms with E-state index in [9.17, 15) is 4.21 Å². The second-order valence-electron chi connectivity index (χ2n) is 2.40. The molecule has 66 valence electrons. The lowest BCUT2D eigenvalue weighted by molar-refractivity contribution is 0.561. The van der Waals surface area contributed by atoms with Crippen LogP contribution < -0.4 is 4.18 Å². The molecule has 0 radical (unpaired) electrons. The van der Waals surface area contributed by atoms with Gasteiger partial charge >= 0.3 is 0 Å². The highest BCUT2D eigenvalue weighted by Gasteiger charge is 1.98. The Balaban J connectivity index is 2.47. The van der Waals surface area contributed by atoms with Crippen LogP contribution in [0.1, 0.15) is 13.3 Å². The molecule has 0 aromatic heterocycles. The molecule has 1 aromatic carbocycles. The summed E-state index contributed by atoms with van der Waals surface area (Å²) in [6.45, 7) is 1.98. The molecule has 3 heteroatoms. The van der Waals surface area contributed by atoms with Gasteiger partial charge in [0.15, 0.2) is 0 Å². The number of hydrogen-bond donors (Lipinski definition) is 0. The molecule has 1 aromatic rings. The Hall–Kier alpha value is -0.830. The molecule has 2 nitrogen and oxygen atoms in total. The first-order valence-electron chi connectivity index (χ1n) is 3.94. The second-order valence-corrected chi connectivity index (χ2v) is 3.59. The van der Waals surface area contributed by atoms with E-state index in [0.29, 0.717) is 11.5 Å². The third-order valence-electron chi connectivity index (χ3n) is 1.30. The summed E-state index contributed by atoms with van der Waals surface area (Å²) in [4.78, 5) is 0. The minimum atomic E-state index is -1.17. The third-order valence-corrected chi connectivity index (χ3v) is 2.42. The zero-order valence-corrected chi connectivity index (χ0v) is 7.84. The van der Waals surface area contributed by atoms with Crippen LogP contribution in [0, 0.1) is 0 Å². The van der Waals surface area contributed by atoms with Crippen LogP contribution >= 0.6 is 0 Å². The molecule has 0 aliphatic rings. The van der Waals surface area contributed by atoms with Crippen molar-refractivity contribution >= 4 is 11.1 Å². The number of hydrogen-bond acceptors (Lipinski definition) is 2. The standard InChI is InChI=1S/C9H12O2S/c1-2-8-12(10)11-9-6-4-3-5-7-9/h3-7H,2,8H2,1H3. The molecule has 1 unspecified atom stereocenters. The van der Waals surface area contributed by atoms with Crippen molar-refractivity contribution < 1.29 is 8.39 Å². The molecule has 12 heavy (non-hydrogen) atoms. The fourth-order valence-corrected chi connectivity index (χ4v) is 1.53. The molecule has 0 heterocycles. The maximum atomic E-state index is 11.1. The SMILES string of the molecule is CCCS(=O)Oc1ccccc1. The van der Waals surface area contributed by atoms with Crippen LogP contribution in [0.4, 0.5) is 0 Å². The van der Waals surface area contributed by atoms with E-state index in [4.69, 9.17) is 4.18 Å². The van der Waals surface area contributed by atoms with Crippen LogP contribution in [0.2, 0.25) is 0 Å². The fourth-order valence-electron chi connectivity index (χ4n) is 0.792. The Bertz CT molecular complexity index is 246. The highest BCUT2D eigenvalue weighted by Crippen LogP contribution is 2.09. The summed E-state index contributed by atoms with van der Waals surface area (Å²) in [5.74, 6) is 1.26. The Morgan fingerprint density at radius 1 is 1.33 bits per heavy atom. The predicted octanol–water partition coefficient (Wildman–Crippen LogP) is 2.14. The van der Waals surface area contributed by atoms with E-state index >= 15 is 0 Å². The van der Waals surface area contributed by atoms with Gasteiger partial charge in [-0.05, 0) is 18.6 Å². The molecule has 0 bridgehead atoms. The monoisotopic (exact) mass is 184 g/mol. The lowest BCUT2D eigenvalue weighted by atomic mass is 10.3. The van der Waals surface area contributed by atoms with Gasteiger partial charge in [0.25, 0.3) is 0 Å². The Morgan fingerprint density at radius 2 is 2.00 bits per heavy atom. The van der Waals surface area contributed by atoms with Gasteiger partial charge < -0.3 is 4.18 Å². The summed E-state index contributed by atoms with van der Waals surface area (Å²) in [5.41, 5.74) is 0. The van der Waals surface area contributed by atoms with Crippen molar-refractivity contribution in [2.75, 3.05) is 5.75 Å². The summed E-state index contributed by atoms with van der Waals surface area (Å²) in [7, 11) is 0. The van der Waals surface area contributed by atoms with Gasteiger partial charge in [-0.15, -0.1) is 0 Å². The average Bonchev–Trinajstić information content (AvgIpc) is 2.06. The Labute approximate surface area is 75.2 Å². The topological polar surface area (TPSA) is 26.3 Å². The van der Waals surface area contributed by atoms with E-state index in [-0.39, 0.29) is 0 Å². The van der Waals surface area contributed by atoms with Crippen molar-refractivity contribution in [3.63, 3.8) is 0 Å².